The number of halogens is 4. The van der Waals surface area contributed by atoms with Crippen molar-refractivity contribution in [3.63, 3.8) is 0 Å². The minimum absolute atomic E-state index is 0.0366. The molecule has 1 aliphatic rings. The van der Waals surface area contributed by atoms with Gasteiger partial charge in [-0.15, -0.1) is 13.2 Å². The van der Waals surface area contributed by atoms with Crippen LogP contribution in [0.3, 0.4) is 0 Å². The van der Waals surface area contributed by atoms with Crippen LogP contribution in [0, 0.1) is 5.82 Å². The van der Waals surface area contributed by atoms with E-state index in [2.05, 4.69) is 4.74 Å². The van der Waals surface area contributed by atoms with Crippen LogP contribution in [0.15, 0.2) is 23.1 Å². The molecule has 0 unspecified atom stereocenters. The van der Waals surface area contributed by atoms with Gasteiger partial charge in [-0.25, -0.2) is 12.8 Å². The van der Waals surface area contributed by atoms with E-state index < -0.39 is 44.9 Å². The van der Waals surface area contributed by atoms with Crippen LogP contribution in [0.25, 0.3) is 0 Å². The normalized spacial score (nSPS) is 19.7. The van der Waals surface area contributed by atoms with E-state index in [1.807, 2.05) is 0 Å². The van der Waals surface area contributed by atoms with Gasteiger partial charge >= 0.3 is 12.3 Å². The zero-order valence-electron chi connectivity index (χ0n) is 11.4. The molecule has 1 saturated heterocycles. The maximum absolute atomic E-state index is 14.1. The van der Waals surface area contributed by atoms with E-state index >= 15 is 0 Å². The monoisotopic (exact) mass is 357 g/mol. The smallest absolute Gasteiger partial charge is 0.480 e. The Labute approximate surface area is 128 Å². The lowest BCUT2D eigenvalue weighted by Crippen LogP contribution is -2.40. The SMILES string of the molecule is O=C(O)[C@@H]1CCCN1S(=O)(=O)c1cccc(OC(F)(F)F)c1F. The molecule has 1 heterocycles. The summed E-state index contributed by atoms with van der Waals surface area (Å²) in [6.07, 6.45) is -4.91. The van der Waals surface area contributed by atoms with Gasteiger partial charge in [-0.1, -0.05) is 6.07 Å². The first-order valence-electron chi connectivity index (χ1n) is 6.33. The molecule has 1 aromatic carbocycles. The molecule has 1 atom stereocenters. The molecule has 0 aromatic heterocycles. The van der Waals surface area contributed by atoms with Gasteiger partial charge in [0, 0.05) is 6.54 Å². The lowest BCUT2D eigenvalue weighted by atomic mass is 10.2. The Hall–Kier alpha value is -1.88. The lowest BCUT2D eigenvalue weighted by molar-refractivity contribution is -0.275. The van der Waals surface area contributed by atoms with Crippen molar-refractivity contribution < 1.29 is 40.6 Å². The molecule has 0 amide bonds. The third-order valence-corrected chi connectivity index (χ3v) is 5.15. The van der Waals surface area contributed by atoms with Crippen molar-refractivity contribution in [1.29, 1.82) is 0 Å². The Kier molecular flexibility index (Phi) is 4.53. The molecule has 1 fully saturated rings. The summed E-state index contributed by atoms with van der Waals surface area (Å²) in [5.41, 5.74) is 0. The molecule has 2 rings (SSSR count). The number of rotatable bonds is 4. The molecule has 6 nitrogen and oxygen atoms in total. The predicted octanol–water partition coefficient (Wildman–Crippen LogP) is 1.96. The third kappa shape index (κ3) is 3.55. The first kappa shape index (κ1) is 17.5. The molecule has 0 saturated carbocycles. The number of ether oxygens (including phenoxy) is 1. The summed E-state index contributed by atoms with van der Waals surface area (Å²) in [5, 5.41) is 9.00. The Bertz CT molecular complexity index is 719. The van der Waals surface area contributed by atoms with E-state index in [4.69, 9.17) is 5.11 Å². The topological polar surface area (TPSA) is 83.9 Å². The summed E-state index contributed by atoms with van der Waals surface area (Å²) in [6.45, 7) is -0.164. The van der Waals surface area contributed by atoms with Crippen molar-refractivity contribution in [2.75, 3.05) is 6.54 Å². The van der Waals surface area contributed by atoms with Crippen LogP contribution in [0.4, 0.5) is 17.6 Å². The third-order valence-electron chi connectivity index (χ3n) is 3.23. The molecular formula is C12H11F4NO5S. The Morgan fingerprint density at radius 2 is 2.00 bits per heavy atom. The highest BCUT2D eigenvalue weighted by Crippen LogP contribution is 2.33. The number of benzene rings is 1. The number of carbonyl (C=O) groups is 1. The van der Waals surface area contributed by atoms with Gasteiger partial charge in [-0.3, -0.25) is 4.79 Å². The second-order valence-electron chi connectivity index (χ2n) is 4.73. The van der Waals surface area contributed by atoms with Gasteiger partial charge in [0.15, 0.2) is 11.6 Å². The zero-order valence-corrected chi connectivity index (χ0v) is 12.2. The molecule has 0 bridgehead atoms. The molecule has 128 valence electrons. The summed E-state index contributed by atoms with van der Waals surface area (Å²) in [4.78, 5) is 9.99. The summed E-state index contributed by atoms with van der Waals surface area (Å²) in [6, 6.07) is 0.876. The van der Waals surface area contributed by atoms with E-state index in [0.29, 0.717) is 10.4 Å². The Morgan fingerprint density at radius 3 is 2.57 bits per heavy atom. The summed E-state index contributed by atoms with van der Waals surface area (Å²) in [7, 11) is -4.61. The molecule has 1 N–H and O–H groups in total. The van der Waals surface area contributed by atoms with Gasteiger partial charge in [0.1, 0.15) is 10.9 Å². The van der Waals surface area contributed by atoms with Crippen molar-refractivity contribution in [2.45, 2.75) is 30.1 Å². The zero-order chi connectivity index (χ0) is 17.4. The largest absolute Gasteiger partial charge is 0.573 e. The van der Waals surface area contributed by atoms with Gasteiger partial charge in [-0.05, 0) is 25.0 Å². The van der Waals surface area contributed by atoms with Crippen LogP contribution < -0.4 is 4.74 Å². The van der Waals surface area contributed by atoms with Crippen molar-refractivity contribution in [3.05, 3.63) is 24.0 Å². The van der Waals surface area contributed by atoms with Crippen LogP contribution in [-0.2, 0) is 14.8 Å². The summed E-state index contributed by atoms with van der Waals surface area (Å²) in [5.74, 6) is -4.43. The van der Waals surface area contributed by atoms with Crippen molar-refractivity contribution in [3.8, 4) is 5.75 Å². The molecule has 23 heavy (non-hydrogen) atoms. The van der Waals surface area contributed by atoms with Gasteiger partial charge in [-0.2, -0.15) is 4.31 Å². The highest BCUT2D eigenvalue weighted by Gasteiger charge is 2.41. The van der Waals surface area contributed by atoms with E-state index in [9.17, 15) is 30.8 Å². The van der Waals surface area contributed by atoms with Crippen molar-refractivity contribution >= 4 is 16.0 Å². The number of hydrogen-bond acceptors (Lipinski definition) is 4. The number of carboxylic acids is 1. The first-order chi connectivity index (χ1) is 10.5. The Balaban J connectivity index is 2.45. The van der Waals surface area contributed by atoms with Crippen LogP contribution in [0.2, 0.25) is 0 Å². The molecule has 11 heteroatoms. The fourth-order valence-electron chi connectivity index (χ4n) is 2.29. The average Bonchev–Trinajstić information content (AvgIpc) is 2.89. The van der Waals surface area contributed by atoms with Crippen LogP contribution in [-0.4, -0.2) is 42.7 Å². The van der Waals surface area contributed by atoms with Gasteiger partial charge in [0.05, 0.1) is 0 Å². The molecule has 1 aliphatic heterocycles. The van der Waals surface area contributed by atoms with E-state index in [-0.39, 0.29) is 19.4 Å². The fraction of sp³-hybridized carbons (Fsp3) is 0.417. The minimum atomic E-state index is -5.19. The molecule has 1 aromatic rings. The van der Waals surface area contributed by atoms with Crippen LogP contribution in [0.5, 0.6) is 5.75 Å². The quantitative estimate of drug-likeness (QED) is 0.833. The maximum atomic E-state index is 14.1. The second kappa shape index (κ2) is 5.96. The number of carboxylic acid groups (broad SMARTS) is 1. The fourth-order valence-corrected chi connectivity index (χ4v) is 4.02. The van der Waals surface area contributed by atoms with E-state index in [1.165, 1.54) is 0 Å². The number of hydrogen-bond donors (Lipinski definition) is 1. The maximum Gasteiger partial charge on any atom is 0.573 e. The summed E-state index contributed by atoms with van der Waals surface area (Å²) < 4.78 is 79.4. The number of nitrogens with zero attached hydrogens (tertiary/aromatic N) is 1. The average molecular weight is 357 g/mol. The van der Waals surface area contributed by atoms with E-state index in [1.54, 1.807) is 0 Å². The highest BCUT2D eigenvalue weighted by atomic mass is 32.2. The molecule has 0 aliphatic carbocycles. The van der Waals surface area contributed by atoms with Crippen LogP contribution in [0.1, 0.15) is 12.8 Å². The minimum Gasteiger partial charge on any atom is -0.480 e. The van der Waals surface area contributed by atoms with Crippen molar-refractivity contribution in [2.24, 2.45) is 0 Å². The number of alkyl halides is 3. The van der Waals surface area contributed by atoms with E-state index in [0.717, 1.165) is 12.1 Å². The molecule has 0 spiro atoms. The van der Waals surface area contributed by atoms with Gasteiger partial charge in [0.2, 0.25) is 10.0 Å². The Morgan fingerprint density at radius 1 is 1.35 bits per heavy atom. The second-order valence-corrected chi connectivity index (χ2v) is 6.59. The lowest BCUT2D eigenvalue weighted by Gasteiger charge is -2.21. The summed E-state index contributed by atoms with van der Waals surface area (Å²) >= 11 is 0. The van der Waals surface area contributed by atoms with Gasteiger partial charge in [0.25, 0.3) is 0 Å². The van der Waals surface area contributed by atoms with Crippen molar-refractivity contribution in [1.82, 2.24) is 4.31 Å². The van der Waals surface area contributed by atoms with Crippen LogP contribution >= 0.6 is 0 Å². The molecule has 0 radical (unpaired) electrons. The standard InChI is InChI=1S/C12H11F4NO5S/c13-10-8(22-12(14,15)16)4-1-5-9(10)23(20,21)17-6-2-3-7(17)11(18)19/h1,4-5,7H,2-3,6H2,(H,18,19)/t7-/m0/s1. The highest BCUT2D eigenvalue weighted by molar-refractivity contribution is 7.89. The predicted molar refractivity (Wildman–Crippen MR) is 67.6 cm³/mol. The first-order valence-corrected chi connectivity index (χ1v) is 7.77. The van der Waals surface area contributed by atoms with Gasteiger partial charge < -0.3 is 9.84 Å². The number of sulfonamides is 1. The number of aliphatic carboxylic acids is 1. The molecular weight excluding hydrogens is 346 g/mol.